The maximum atomic E-state index is 5.49. The van der Waals surface area contributed by atoms with Gasteiger partial charge in [0.15, 0.2) is 17.1 Å². The van der Waals surface area contributed by atoms with Crippen LogP contribution in [0.15, 0.2) is 22.5 Å². The van der Waals surface area contributed by atoms with Crippen LogP contribution in [-0.4, -0.2) is 60.4 Å². The van der Waals surface area contributed by atoms with Gasteiger partial charge in [-0.1, -0.05) is 0 Å². The minimum Gasteiger partial charge on any atom is -0.380 e. The molecule has 0 amide bonds. The summed E-state index contributed by atoms with van der Waals surface area (Å²) in [6, 6.07) is 1.84. The molecule has 168 valence electrons. The van der Waals surface area contributed by atoms with Crippen molar-refractivity contribution in [3.63, 3.8) is 0 Å². The van der Waals surface area contributed by atoms with Crippen LogP contribution in [0.1, 0.15) is 49.3 Å². The molecule has 32 heavy (non-hydrogen) atoms. The maximum Gasteiger partial charge on any atom is 0.193 e. The van der Waals surface area contributed by atoms with E-state index >= 15 is 0 Å². The lowest BCUT2D eigenvalue weighted by atomic mass is 10.0. The molecule has 0 aromatic carbocycles. The minimum atomic E-state index is -0.354. The van der Waals surface area contributed by atoms with Crippen LogP contribution in [0.5, 0.6) is 0 Å². The smallest absolute Gasteiger partial charge is 0.193 e. The Bertz CT molecular complexity index is 1140. The molecule has 0 saturated carbocycles. The number of terminal acetylenes is 1. The summed E-state index contributed by atoms with van der Waals surface area (Å²) in [6.07, 6.45) is 9.44. The number of aryl methyl sites for hydroxylation is 2. The lowest BCUT2D eigenvalue weighted by molar-refractivity contribution is 0.134. The first-order chi connectivity index (χ1) is 15.6. The van der Waals surface area contributed by atoms with Gasteiger partial charge in [-0.15, -0.1) is 17.4 Å². The molecule has 1 N–H and O–H groups in total. The molecule has 11 nitrogen and oxygen atoms in total. The van der Waals surface area contributed by atoms with Gasteiger partial charge in [-0.05, 0) is 35.9 Å². The molecule has 3 aromatic heterocycles. The molecule has 0 spiro atoms. The number of tetrazole rings is 1. The van der Waals surface area contributed by atoms with Crippen LogP contribution >= 0.6 is 0 Å². The molecule has 11 heteroatoms. The summed E-state index contributed by atoms with van der Waals surface area (Å²) in [5, 5.41) is 29.9. The molecule has 4 rings (SSSR count). The molecular weight excluding hydrogens is 408 g/mol. The van der Waals surface area contributed by atoms with E-state index in [4.69, 9.17) is 11.2 Å². The van der Waals surface area contributed by atoms with E-state index in [1.54, 1.807) is 9.36 Å². The number of fused-ring (bicyclic) bond motifs is 1. The van der Waals surface area contributed by atoms with Gasteiger partial charge in [0.1, 0.15) is 0 Å². The van der Waals surface area contributed by atoms with Crippen molar-refractivity contribution in [2.24, 2.45) is 17.3 Å². The molecular formula is C21H28N10O. The highest BCUT2D eigenvalue weighted by Crippen LogP contribution is 2.36. The summed E-state index contributed by atoms with van der Waals surface area (Å²) in [5.74, 6) is 3.37. The van der Waals surface area contributed by atoms with Crippen molar-refractivity contribution in [1.29, 1.82) is 0 Å². The van der Waals surface area contributed by atoms with Crippen LogP contribution in [0.25, 0.3) is 11.0 Å². The van der Waals surface area contributed by atoms with Gasteiger partial charge in [0, 0.05) is 51.0 Å². The average molecular weight is 437 g/mol. The fourth-order valence-corrected chi connectivity index (χ4v) is 3.80. The second kappa shape index (κ2) is 9.50. The Morgan fingerprint density at radius 1 is 1.31 bits per heavy atom. The number of rotatable bonds is 12. The van der Waals surface area contributed by atoms with E-state index in [1.165, 1.54) is 0 Å². The summed E-state index contributed by atoms with van der Waals surface area (Å²) in [5.41, 5.74) is 2.37. The third-order valence-electron chi connectivity index (χ3n) is 5.61. The van der Waals surface area contributed by atoms with E-state index in [-0.39, 0.29) is 11.7 Å². The number of pyridine rings is 1. The maximum absolute atomic E-state index is 5.49. The first-order valence-electron chi connectivity index (χ1n) is 10.8. The molecule has 0 radical (unpaired) electrons. The Labute approximate surface area is 186 Å². The predicted octanol–water partition coefficient (Wildman–Crippen LogP) is 1.94. The van der Waals surface area contributed by atoms with Gasteiger partial charge in [0.25, 0.3) is 0 Å². The van der Waals surface area contributed by atoms with Crippen molar-refractivity contribution in [2.75, 3.05) is 19.8 Å². The van der Waals surface area contributed by atoms with E-state index in [0.29, 0.717) is 38.5 Å². The normalized spacial score (nSPS) is 15.2. The fraction of sp³-hybridized carbons (Fsp3) is 0.571. The number of nitrogens with one attached hydrogen (secondary N) is 1. The first-order valence-corrected chi connectivity index (χ1v) is 10.8. The Morgan fingerprint density at radius 2 is 2.16 bits per heavy atom. The van der Waals surface area contributed by atoms with Gasteiger partial charge >= 0.3 is 0 Å². The number of aromatic nitrogens is 7. The van der Waals surface area contributed by atoms with Crippen LogP contribution in [0.3, 0.4) is 0 Å². The molecule has 0 aliphatic carbocycles. The van der Waals surface area contributed by atoms with Gasteiger partial charge in [0.2, 0.25) is 0 Å². The zero-order valence-electron chi connectivity index (χ0n) is 18.7. The van der Waals surface area contributed by atoms with Crippen LogP contribution in [0.4, 0.5) is 0 Å². The largest absolute Gasteiger partial charge is 0.380 e. The summed E-state index contributed by atoms with van der Waals surface area (Å²) in [4.78, 5) is 4.65. The molecule has 0 fully saturated rings. The molecule has 3 aromatic rings. The summed E-state index contributed by atoms with van der Waals surface area (Å²) in [6.45, 7) is 6.36. The van der Waals surface area contributed by atoms with Crippen molar-refractivity contribution in [3.05, 3.63) is 29.3 Å². The second-order valence-corrected chi connectivity index (χ2v) is 7.83. The second-order valence-electron chi connectivity index (χ2n) is 7.83. The van der Waals surface area contributed by atoms with Crippen molar-refractivity contribution >= 4 is 11.0 Å². The van der Waals surface area contributed by atoms with Crippen LogP contribution < -0.4 is 5.32 Å². The molecule has 0 saturated heterocycles. The average Bonchev–Trinajstić information content (AvgIpc) is 3.31. The summed E-state index contributed by atoms with van der Waals surface area (Å²) in [7, 11) is 1.89. The van der Waals surface area contributed by atoms with Gasteiger partial charge in [-0.25, -0.2) is 9.67 Å². The van der Waals surface area contributed by atoms with E-state index in [9.17, 15) is 0 Å². The van der Waals surface area contributed by atoms with Gasteiger partial charge in [0.05, 0.1) is 24.9 Å². The summed E-state index contributed by atoms with van der Waals surface area (Å²) < 4.78 is 9.05. The first kappa shape index (κ1) is 22.0. The monoisotopic (exact) mass is 436 g/mol. The Kier molecular flexibility index (Phi) is 6.53. The van der Waals surface area contributed by atoms with Crippen LogP contribution in [0.2, 0.25) is 0 Å². The number of nitrogens with zero attached hydrogens (tertiary/aromatic N) is 9. The number of hydrogen-bond donors (Lipinski definition) is 1. The summed E-state index contributed by atoms with van der Waals surface area (Å²) >= 11 is 0. The van der Waals surface area contributed by atoms with Crippen LogP contribution in [0, 0.1) is 19.3 Å². The third kappa shape index (κ3) is 4.66. The lowest BCUT2D eigenvalue weighted by Gasteiger charge is -2.19. The third-order valence-corrected chi connectivity index (χ3v) is 5.61. The topological polar surface area (TPSA) is 120 Å². The van der Waals surface area contributed by atoms with Crippen molar-refractivity contribution in [1.82, 2.24) is 40.3 Å². The molecule has 1 atom stereocenters. The Balaban J connectivity index is 1.58. The zero-order chi connectivity index (χ0) is 22.6. The number of hydrogen-bond acceptors (Lipinski definition) is 9. The highest BCUT2D eigenvalue weighted by molar-refractivity contribution is 5.78. The molecule has 1 aliphatic heterocycles. The zero-order valence-corrected chi connectivity index (χ0v) is 18.7. The Morgan fingerprint density at radius 3 is 2.91 bits per heavy atom. The predicted molar refractivity (Wildman–Crippen MR) is 118 cm³/mol. The van der Waals surface area contributed by atoms with E-state index in [0.717, 1.165) is 35.1 Å². The van der Waals surface area contributed by atoms with Crippen molar-refractivity contribution in [2.45, 2.75) is 51.4 Å². The van der Waals surface area contributed by atoms with Crippen molar-refractivity contribution < 1.29 is 4.74 Å². The highest BCUT2D eigenvalue weighted by Gasteiger charge is 2.39. The molecule has 1 unspecified atom stereocenters. The lowest BCUT2D eigenvalue weighted by Crippen LogP contribution is -2.30. The van der Waals surface area contributed by atoms with E-state index in [2.05, 4.69) is 53.1 Å². The number of ether oxygens (including phenoxy) is 1. The highest BCUT2D eigenvalue weighted by atomic mass is 16.5. The molecule has 1 aliphatic rings. The Hall–Kier alpha value is -3.23. The van der Waals surface area contributed by atoms with Crippen LogP contribution in [-0.2, 0) is 18.3 Å². The fourth-order valence-electron chi connectivity index (χ4n) is 3.80. The van der Waals surface area contributed by atoms with E-state index in [1.807, 2.05) is 27.1 Å². The van der Waals surface area contributed by atoms with Crippen molar-refractivity contribution in [3.8, 4) is 12.3 Å². The van der Waals surface area contributed by atoms with E-state index < -0.39 is 0 Å². The SMILES string of the molecule is C#CCCC1(CCNC(c2cnc3c(c2)c(C)nn3C)c2nnnn2CCOCC)N=N1. The molecule has 0 bridgehead atoms. The molecule has 4 heterocycles. The standard InChI is InChI=1S/C21H28N10O/c1-5-7-8-21(26-27-21)9-10-22-18(20-24-28-29-31(20)11-12-32-6-2)16-13-17-15(3)25-30(4)19(17)23-14-16/h1,13-14,18,22H,6-12H2,2-4H3. The van der Waals surface area contributed by atoms with Gasteiger partial charge in [-0.3, -0.25) is 4.68 Å². The van der Waals surface area contributed by atoms with Gasteiger partial charge < -0.3 is 10.1 Å². The minimum absolute atomic E-state index is 0.258. The van der Waals surface area contributed by atoms with Gasteiger partial charge in [-0.2, -0.15) is 15.3 Å². The quantitative estimate of drug-likeness (QED) is 0.340.